The number of rotatable bonds is 8. The van der Waals surface area contributed by atoms with E-state index in [0.717, 1.165) is 23.2 Å². The summed E-state index contributed by atoms with van der Waals surface area (Å²) in [6, 6.07) is 17.7. The third-order valence-corrected chi connectivity index (χ3v) is 8.90. The lowest BCUT2D eigenvalue weighted by atomic mass is 10.1. The molecule has 2 aromatic carbocycles. The molecule has 2 atom stereocenters. The number of hydrogen-bond acceptors (Lipinski definition) is 6. The van der Waals surface area contributed by atoms with E-state index in [1.807, 2.05) is 79.9 Å². The van der Waals surface area contributed by atoms with Crippen molar-refractivity contribution in [1.82, 2.24) is 19.7 Å². The Morgan fingerprint density at radius 2 is 1.85 bits per heavy atom. The molecule has 9 heteroatoms. The lowest BCUT2D eigenvalue weighted by molar-refractivity contribution is -0.132. The third-order valence-electron chi connectivity index (χ3n) is 6.24. The van der Waals surface area contributed by atoms with Gasteiger partial charge in [-0.1, -0.05) is 66.7 Å². The van der Waals surface area contributed by atoms with Gasteiger partial charge in [0, 0.05) is 23.3 Å². The minimum absolute atomic E-state index is 0.0266. The van der Waals surface area contributed by atoms with E-state index in [-0.39, 0.29) is 35.2 Å². The zero-order valence-corrected chi connectivity index (χ0v) is 21.3. The van der Waals surface area contributed by atoms with Crippen LogP contribution in [0.4, 0.5) is 0 Å². The first-order chi connectivity index (χ1) is 16.3. The topological polar surface area (TPSA) is 85.2 Å². The molecule has 1 amide bonds. The highest BCUT2D eigenvalue weighted by Gasteiger charge is 2.36. The number of nitrogens with zero attached hydrogens (tertiary/aromatic N) is 4. The van der Waals surface area contributed by atoms with Gasteiger partial charge in [-0.05, 0) is 38.8 Å². The summed E-state index contributed by atoms with van der Waals surface area (Å²) in [6.45, 7) is 6.03. The monoisotopic (exact) mass is 498 g/mol. The fourth-order valence-corrected chi connectivity index (χ4v) is 6.80. The molecule has 7 nitrogen and oxygen atoms in total. The maximum atomic E-state index is 13.3. The van der Waals surface area contributed by atoms with E-state index in [2.05, 4.69) is 10.2 Å². The van der Waals surface area contributed by atoms with Crippen LogP contribution in [0.1, 0.15) is 32.3 Å². The molecule has 34 heavy (non-hydrogen) atoms. The molecule has 4 rings (SSSR count). The van der Waals surface area contributed by atoms with Gasteiger partial charge in [0.25, 0.3) is 0 Å². The van der Waals surface area contributed by atoms with Crippen molar-refractivity contribution in [2.45, 2.75) is 50.9 Å². The molecule has 1 aliphatic rings. The van der Waals surface area contributed by atoms with Crippen LogP contribution in [0.3, 0.4) is 0 Å². The molecular weight excluding hydrogens is 468 g/mol. The van der Waals surface area contributed by atoms with Crippen LogP contribution in [0.5, 0.6) is 0 Å². The van der Waals surface area contributed by atoms with Gasteiger partial charge >= 0.3 is 0 Å². The molecule has 1 fully saturated rings. The first-order valence-electron chi connectivity index (χ1n) is 11.5. The predicted octanol–water partition coefficient (Wildman–Crippen LogP) is 4.15. The van der Waals surface area contributed by atoms with Crippen LogP contribution in [0.2, 0.25) is 0 Å². The van der Waals surface area contributed by atoms with Crippen molar-refractivity contribution >= 4 is 27.5 Å². The molecule has 1 aliphatic heterocycles. The second-order valence-corrected chi connectivity index (χ2v) is 11.9. The smallest absolute Gasteiger partial charge is 0.233 e. The van der Waals surface area contributed by atoms with E-state index in [4.69, 9.17) is 0 Å². The van der Waals surface area contributed by atoms with E-state index in [9.17, 15) is 13.2 Å². The molecule has 2 unspecified atom stereocenters. The van der Waals surface area contributed by atoms with Crippen LogP contribution in [0.15, 0.2) is 59.8 Å². The number of benzene rings is 2. The number of carbonyl (C=O) groups excluding carboxylic acids is 1. The Hall–Kier alpha value is -2.65. The van der Waals surface area contributed by atoms with E-state index < -0.39 is 9.84 Å². The summed E-state index contributed by atoms with van der Waals surface area (Å²) in [7, 11) is -3.08. The van der Waals surface area contributed by atoms with Gasteiger partial charge in [-0.25, -0.2) is 8.42 Å². The highest BCUT2D eigenvalue weighted by Crippen LogP contribution is 2.29. The Morgan fingerprint density at radius 3 is 2.47 bits per heavy atom. The summed E-state index contributed by atoms with van der Waals surface area (Å²) < 4.78 is 26.1. The molecule has 0 N–H and O–H groups in total. The Kier molecular flexibility index (Phi) is 7.42. The molecule has 0 radical (unpaired) electrons. The van der Waals surface area contributed by atoms with Gasteiger partial charge in [0.2, 0.25) is 5.91 Å². The first kappa shape index (κ1) is 24.5. The summed E-state index contributed by atoms with van der Waals surface area (Å²) >= 11 is 1.33. The molecule has 2 heterocycles. The van der Waals surface area contributed by atoms with Crippen molar-refractivity contribution < 1.29 is 13.2 Å². The summed E-state index contributed by atoms with van der Waals surface area (Å²) in [5, 5.41) is 9.49. The van der Waals surface area contributed by atoms with E-state index >= 15 is 0 Å². The van der Waals surface area contributed by atoms with Crippen LogP contribution < -0.4 is 0 Å². The fourth-order valence-electron chi connectivity index (χ4n) is 4.27. The Labute approximate surface area is 205 Å². The summed E-state index contributed by atoms with van der Waals surface area (Å²) in [4.78, 5) is 15.1. The van der Waals surface area contributed by atoms with Crippen molar-refractivity contribution in [3.8, 4) is 17.1 Å². The molecule has 1 saturated heterocycles. The molecule has 3 aromatic rings. The molecule has 0 saturated carbocycles. The highest BCUT2D eigenvalue weighted by atomic mass is 32.2. The summed E-state index contributed by atoms with van der Waals surface area (Å²) in [6.07, 6.45) is 1.27. The number of carbonyl (C=O) groups is 1. The third kappa shape index (κ3) is 5.36. The highest BCUT2D eigenvalue weighted by molar-refractivity contribution is 7.99. The van der Waals surface area contributed by atoms with E-state index in [1.54, 1.807) is 4.90 Å². The average Bonchev–Trinajstić information content (AvgIpc) is 3.41. The Morgan fingerprint density at radius 1 is 1.15 bits per heavy atom. The van der Waals surface area contributed by atoms with Crippen molar-refractivity contribution in [3.05, 3.63) is 60.2 Å². The van der Waals surface area contributed by atoms with Crippen molar-refractivity contribution in [2.24, 2.45) is 0 Å². The molecule has 0 aliphatic carbocycles. The van der Waals surface area contributed by atoms with Gasteiger partial charge < -0.3 is 4.90 Å². The Balaban J connectivity index is 1.61. The molecule has 0 spiro atoms. The average molecular weight is 499 g/mol. The zero-order chi connectivity index (χ0) is 24.3. The van der Waals surface area contributed by atoms with Gasteiger partial charge in [-0.2, -0.15) is 0 Å². The summed E-state index contributed by atoms with van der Waals surface area (Å²) in [5.41, 5.74) is 3.01. The fraction of sp³-hybridized carbons (Fsp3) is 0.400. The molecular formula is C25H30N4O3S2. The molecule has 0 bridgehead atoms. The maximum absolute atomic E-state index is 13.3. The van der Waals surface area contributed by atoms with E-state index in [1.165, 1.54) is 11.8 Å². The van der Waals surface area contributed by atoms with Crippen molar-refractivity contribution in [1.29, 1.82) is 0 Å². The normalized spacial score (nSPS) is 18.0. The van der Waals surface area contributed by atoms with Gasteiger partial charge in [-0.3, -0.25) is 9.36 Å². The second-order valence-electron chi connectivity index (χ2n) is 8.75. The lowest BCUT2D eigenvalue weighted by Crippen LogP contribution is -2.47. The number of amides is 1. The second kappa shape index (κ2) is 10.3. The van der Waals surface area contributed by atoms with Crippen LogP contribution >= 0.6 is 11.8 Å². The Bertz CT molecular complexity index is 1240. The van der Waals surface area contributed by atoms with Crippen LogP contribution in [0, 0.1) is 6.92 Å². The molecule has 180 valence electrons. The van der Waals surface area contributed by atoms with Crippen LogP contribution in [0.25, 0.3) is 17.1 Å². The van der Waals surface area contributed by atoms with Gasteiger partial charge in [0.1, 0.15) is 0 Å². The SMILES string of the molecule is CCC(C)N(C(=O)CSc1nnc(-c2ccccc2)n1-c1ccc(C)cc1)C1CCS(=O)(=O)C1. The number of aromatic nitrogens is 3. The van der Waals surface area contributed by atoms with Crippen molar-refractivity contribution in [2.75, 3.05) is 17.3 Å². The van der Waals surface area contributed by atoms with Gasteiger partial charge in [0.05, 0.1) is 17.3 Å². The van der Waals surface area contributed by atoms with Gasteiger partial charge in [0.15, 0.2) is 20.8 Å². The quantitative estimate of drug-likeness (QED) is 0.434. The minimum atomic E-state index is -3.08. The minimum Gasteiger partial charge on any atom is -0.335 e. The standard InChI is InChI=1S/C25H30N4O3S2/c1-4-19(3)28(22-14-15-34(31,32)17-22)23(30)16-33-25-27-26-24(20-8-6-5-7-9-20)29(25)21-12-10-18(2)11-13-21/h5-13,19,22H,4,14-17H2,1-3H3. The van der Waals surface area contributed by atoms with Gasteiger partial charge in [-0.15, -0.1) is 10.2 Å². The summed E-state index contributed by atoms with van der Waals surface area (Å²) in [5.74, 6) is 0.999. The maximum Gasteiger partial charge on any atom is 0.233 e. The molecule has 1 aromatic heterocycles. The van der Waals surface area contributed by atoms with Crippen molar-refractivity contribution in [3.63, 3.8) is 0 Å². The number of sulfone groups is 1. The largest absolute Gasteiger partial charge is 0.335 e. The van der Waals surface area contributed by atoms with Crippen LogP contribution in [-0.2, 0) is 14.6 Å². The number of aryl methyl sites for hydroxylation is 1. The number of thioether (sulfide) groups is 1. The number of hydrogen-bond donors (Lipinski definition) is 0. The first-order valence-corrected chi connectivity index (χ1v) is 14.3. The lowest BCUT2D eigenvalue weighted by Gasteiger charge is -2.33. The predicted molar refractivity (Wildman–Crippen MR) is 136 cm³/mol. The zero-order valence-electron chi connectivity index (χ0n) is 19.7. The van der Waals surface area contributed by atoms with E-state index in [0.29, 0.717) is 17.4 Å². The van der Waals surface area contributed by atoms with Crippen LogP contribution in [-0.4, -0.2) is 63.3 Å².